The summed E-state index contributed by atoms with van der Waals surface area (Å²) in [4.78, 5) is 15.1. The maximum atomic E-state index is 13.6. The Labute approximate surface area is 175 Å². The molecule has 1 atom stereocenters. The predicted molar refractivity (Wildman–Crippen MR) is 115 cm³/mol. The molecule has 0 aliphatic carbocycles. The summed E-state index contributed by atoms with van der Waals surface area (Å²) in [6, 6.07) is 11.5. The molecule has 1 aliphatic rings. The van der Waals surface area contributed by atoms with Crippen molar-refractivity contribution in [2.24, 2.45) is 13.0 Å². The van der Waals surface area contributed by atoms with Crippen LogP contribution in [0.3, 0.4) is 0 Å². The molecule has 1 aromatic heterocycles. The zero-order chi connectivity index (χ0) is 21.3. The molecule has 0 radical (unpaired) electrons. The molecule has 3 aromatic rings. The number of piperidine rings is 1. The third-order valence-electron chi connectivity index (χ3n) is 6.19. The topological polar surface area (TPSA) is 25.2 Å². The summed E-state index contributed by atoms with van der Waals surface area (Å²) in [5, 5.41) is 0.644. The number of hydrogen-bond donors (Lipinski definition) is 0. The Morgan fingerprint density at radius 3 is 2.57 bits per heavy atom. The van der Waals surface area contributed by atoms with E-state index in [4.69, 9.17) is 0 Å². The van der Waals surface area contributed by atoms with Gasteiger partial charge in [-0.2, -0.15) is 0 Å². The van der Waals surface area contributed by atoms with E-state index in [-0.39, 0.29) is 23.5 Å². The van der Waals surface area contributed by atoms with E-state index in [9.17, 15) is 13.6 Å². The molecular formula is C25H26F2N2O. The van der Waals surface area contributed by atoms with Crippen molar-refractivity contribution in [2.75, 3.05) is 13.1 Å². The highest BCUT2D eigenvalue weighted by Gasteiger charge is 2.23. The van der Waals surface area contributed by atoms with E-state index in [1.807, 2.05) is 23.8 Å². The Kier molecular flexibility index (Phi) is 5.82. The van der Waals surface area contributed by atoms with Crippen LogP contribution in [0.25, 0.3) is 10.9 Å². The van der Waals surface area contributed by atoms with Gasteiger partial charge in [0, 0.05) is 35.8 Å². The third-order valence-corrected chi connectivity index (χ3v) is 6.19. The molecular weight excluding hydrogens is 382 g/mol. The monoisotopic (exact) mass is 408 g/mol. The zero-order valence-corrected chi connectivity index (χ0v) is 17.3. The molecule has 3 nitrogen and oxygen atoms in total. The fourth-order valence-electron chi connectivity index (χ4n) is 4.35. The van der Waals surface area contributed by atoms with Gasteiger partial charge >= 0.3 is 0 Å². The second-order valence-electron chi connectivity index (χ2n) is 8.14. The number of nitrogens with zero attached hydrogens (tertiary/aromatic N) is 2. The summed E-state index contributed by atoms with van der Waals surface area (Å²) in [5.41, 5.74) is 2.36. The van der Waals surface area contributed by atoms with Crippen molar-refractivity contribution in [2.45, 2.75) is 25.8 Å². The minimum absolute atomic E-state index is 0.0956. The van der Waals surface area contributed by atoms with Crippen LogP contribution in [0.15, 0.2) is 60.8 Å². The van der Waals surface area contributed by atoms with Crippen molar-refractivity contribution >= 4 is 16.7 Å². The number of rotatable bonds is 5. The summed E-state index contributed by atoms with van der Waals surface area (Å²) in [5.74, 6) is -0.311. The summed E-state index contributed by atoms with van der Waals surface area (Å²) in [7, 11) is 1.86. The SMILES string of the molecule is CC(c1cccc(F)c1)N1CCC(/C=C/C(=O)c2cn(C)c3ccc(F)cc23)CC1. The summed E-state index contributed by atoms with van der Waals surface area (Å²) in [6.45, 7) is 3.91. The van der Waals surface area contributed by atoms with Crippen LogP contribution in [0.2, 0.25) is 0 Å². The first kappa shape index (κ1) is 20.5. The molecule has 1 aliphatic heterocycles. The number of aromatic nitrogens is 1. The first-order valence-electron chi connectivity index (χ1n) is 10.4. The maximum absolute atomic E-state index is 13.6. The molecule has 1 saturated heterocycles. The van der Waals surface area contributed by atoms with Gasteiger partial charge in [-0.25, -0.2) is 8.78 Å². The van der Waals surface area contributed by atoms with E-state index >= 15 is 0 Å². The van der Waals surface area contributed by atoms with Crippen LogP contribution in [-0.4, -0.2) is 28.3 Å². The molecule has 1 unspecified atom stereocenters. The normalized spacial score (nSPS) is 17.1. The molecule has 5 heteroatoms. The van der Waals surface area contributed by atoms with Crippen molar-refractivity contribution in [3.8, 4) is 0 Å². The molecule has 0 bridgehead atoms. The van der Waals surface area contributed by atoms with Crippen LogP contribution < -0.4 is 0 Å². The lowest BCUT2D eigenvalue weighted by Crippen LogP contribution is -2.35. The molecule has 0 N–H and O–H groups in total. The van der Waals surface area contributed by atoms with Gasteiger partial charge in [-0.1, -0.05) is 18.2 Å². The van der Waals surface area contributed by atoms with Crippen molar-refractivity contribution in [3.05, 3.63) is 83.6 Å². The lowest BCUT2D eigenvalue weighted by molar-refractivity contribution is 0.104. The zero-order valence-electron chi connectivity index (χ0n) is 17.3. The largest absolute Gasteiger partial charge is 0.350 e. The molecule has 2 heterocycles. The second kappa shape index (κ2) is 8.52. The van der Waals surface area contributed by atoms with Gasteiger partial charge in [-0.05, 0) is 80.7 Å². The molecule has 0 saturated carbocycles. The first-order chi connectivity index (χ1) is 14.4. The van der Waals surface area contributed by atoms with Crippen LogP contribution in [0.1, 0.15) is 41.7 Å². The molecule has 0 amide bonds. The van der Waals surface area contributed by atoms with Gasteiger partial charge in [-0.15, -0.1) is 0 Å². The summed E-state index contributed by atoms with van der Waals surface area (Å²) >= 11 is 0. The van der Waals surface area contributed by atoms with Gasteiger partial charge in [0.15, 0.2) is 5.78 Å². The first-order valence-corrected chi connectivity index (χ1v) is 10.4. The Hall–Kier alpha value is -2.79. The highest BCUT2D eigenvalue weighted by Crippen LogP contribution is 2.28. The highest BCUT2D eigenvalue weighted by molar-refractivity contribution is 6.13. The van der Waals surface area contributed by atoms with Gasteiger partial charge in [0.25, 0.3) is 0 Å². The van der Waals surface area contributed by atoms with Crippen molar-refractivity contribution < 1.29 is 13.6 Å². The Bertz CT molecular complexity index is 1090. The van der Waals surface area contributed by atoms with E-state index in [0.717, 1.165) is 37.0 Å². The highest BCUT2D eigenvalue weighted by atomic mass is 19.1. The summed E-state index contributed by atoms with van der Waals surface area (Å²) in [6.07, 6.45) is 7.29. The van der Waals surface area contributed by atoms with Gasteiger partial charge in [0.1, 0.15) is 11.6 Å². The number of fused-ring (bicyclic) bond motifs is 1. The lowest BCUT2D eigenvalue weighted by Gasteiger charge is -2.35. The number of likely N-dealkylation sites (tertiary alicyclic amines) is 1. The van der Waals surface area contributed by atoms with E-state index in [1.165, 1.54) is 18.2 Å². The second-order valence-corrected chi connectivity index (χ2v) is 8.14. The van der Waals surface area contributed by atoms with Gasteiger partial charge < -0.3 is 4.57 Å². The minimum atomic E-state index is -0.341. The molecule has 0 spiro atoms. The average molecular weight is 408 g/mol. The molecule has 1 fully saturated rings. The van der Waals surface area contributed by atoms with Crippen LogP contribution in [-0.2, 0) is 7.05 Å². The van der Waals surface area contributed by atoms with Gasteiger partial charge in [0.2, 0.25) is 0 Å². The number of ketones is 1. The van der Waals surface area contributed by atoms with Gasteiger partial charge in [0.05, 0.1) is 0 Å². The van der Waals surface area contributed by atoms with E-state index in [0.29, 0.717) is 16.9 Å². The predicted octanol–water partition coefficient (Wildman–Crippen LogP) is 5.67. The molecule has 2 aromatic carbocycles. The maximum Gasteiger partial charge on any atom is 0.187 e. The standard InChI is InChI=1S/C25H26F2N2O/c1-17(19-4-3-5-20(26)14-19)29-12-10-18(11-13-29)6-9-25(30)23-16-28(2)24-8-7-21(27)15-22(23)24/h3-9,14-18H,10-13H2,1-2H3/b9-6+. The lowest BCUT2D eigenvalue weighted by atomic mass is 9.93. The van der Waals surface area contributed by atoms with E-state index in [1.54, 1.807) is 30.5 Å². The number of allylic oxidation sites excluding steroid dienone is 2. The molecule has 4 rings (SSSR count). The van der Waals surface area contributed by atoms with Crippen LogP contribution >= 0.6 is 0 Å². The van der Waals surface area contributed by atoms with Crippen LogP contribution in [0.5, 0.6) is 0 Å². The van der Waals surface area contributed by atoms with Gasteiger partial charge in [-0.3, -0.25) is 9.69 Å². The van der Waals surface area contributed by atoms with E-state index in [2.05, 4.69) is 11.8 Å². The van der Waals surface area contributed by atoms with Crippen molar-refractivity contribution in [1.82, 2.24) is 9.47 Å². The smallest absolute Gasteiger partial charge is 0.187 e. The fourth-order valence-corrected chi connectivity index (χ4v) is 4.35. The quantitative estimate of drug-likeness (QED) is 0.402. The average Bonchev–Trinajstić information content (AvgIpc) is 3.07. The number of carbonyl (C=O) groups is 1. The number of halogens is 2. The number of hydrogen-bond acceptors (Lipinski definition) is 2. The number of carbonyl (C=O) groups excluding carboxylic acids is 1. The number of benzene rings is 2. The fraction of sp³-hybridized carbons (Fsp3) is 0.320. The minimum Gasteiger partial charge on any atom is -0.350 e. The van der Waals surface area contributed by atoms with Crippen molar-refractivity contribution in [3.63, 3.8) is 0 Å². The number of aryl methyl sites for hydroxylation is 1. The van der Waals surface area contributed by atoms with Crippen LogP contribution in [0, 0.1) is 17.6 Å². The Balaban J connectivity index is 1.39. The molecule has 156 valence electrons. The van der Waals surface area contributed by atoms with Crippen molar-refractivity contribution in [1.29, 1.82) is 0 Å². The Morgan fingerprint density at radius 2 is 1.83 bits per heavy atom. The van der Waals surface area contributed by atoms with Crippen LogP contribution in [0.4, 0.5) is 8.78 Å². The third kappa shape index (κ3) is 4.21. The molecule has 30 heavy (non-hydrogen) atoms. The Morgan fingerprint density at radius 1 is 1.10 bits per heavy atom. The summed E-state index contributed by atoms with van der Waals surface area (Å²) < 4.78 is 29.0. The van der Waals surface area contributed by atoms with E-state index < -0.39 is 0 Å².